The molecule has 9 N–H and O–H groups in total. The van der Waals surface area contributed by atoms with Crippen LogP contribution in [0.5, 0.6) is 0 Å². The molecule has 0 spiro atoms. The number of rotatable bonds is 17. The van der Waals surface area contributed by atoms with E-state index in [0.717, 1.165) is 0 Å². The van der Waals surface area contributed by atoms with Gasteiger partial charge in [0, 0.05) is 6.42 Å². The van der Waals surface area contributed by atoms with E-state index >= 15 is 0 Å². The fourth-order valence-electron chi connectivity index (χ4n) is 2.88. The van der Waals surface area contributed by atoms with Crippen LogP contribution in [0, 0.1) is 5.92 Å². The fraction of sp³-hybridized carbons (Fsp3) is 0.700. The molecule has 0 saturated carbocycles. The largest absolute Gasteiger partial charge is 0.481 e. The zero-order chi connectivity index (χ0) is 26.4. The van der Waals surface area contributed by atoms with Gasteiger partial charge in [0.15, 0.2) is 0 Å². The summed E-state index contributed by atoms with van der Waals surface area (Å²) in [6, 6.07) is -5.00. The lowest BCUT2D eigenvalue weighted by Crippen LogP contribution is -2.58. The van der Waals surface area contributed by atoms with Crippen molar-refractivity contribution in [2.45, 2.75) is 70.1 Å². The Balaban J connectivity index is 5.48. The van der Waals surface area contributed by atoms with Crippen LogP contribution in [0.4, 0.5) is 0 Å². The van der Waals surface area contributed by atoms with Gasteiger partial charge in [0.1, 0.15) is 18.1 Å². The van der Waals surface area contributed by atoms with E-state index in [1.807, 2.05) is 13.8 Å². The van der Waals surface area contributed by atoms with Gasteiger partial charge in [0.2, 0.25) is 23.6 Å². The molecule has 0 aliphatic carbocycles. The number of primary amides is 1. The molecular weight excluding hydrogens is 470 g/mol. The molecule has 4 unspecified atom stereocenters. The Bertz CT molecular complexity index is 748. The minimum atomic E-state index is -1.56. The Morgan fingerprint density at radius 3 is 1.85 bits per heavy atom. The molecule has 0 fully saturated rings. The van der Waals surface area contributed by atoms with Crippen LogP contribution >= 0.6 is 11.8 Å². The van der Waals surface area contributed by atoms with E-state index < -0.39 is 79.0 Å². The summed E-state index contributed by atoms with van der Waals surface area (Å²) in [7, 11) is 0. The third kappa shape index (κ3) is 13.0. The van der Waals surface area contributed by atoms with Gasteiger partial charge in [-0.05, 0) is 37.2 Å². The first kappa shape index (κ1) is 31.1. The monoisotopic (exact) mass is 505 g/mol. The molecule has 0 bridgehead atoms. The molecular formula is C20H35N5O8S. The number of hydrogen-bond acceptors (Lipinski definition) is 8. The number of nitrogens with two attached hydrogens (primary N) is 2. The molecule has 0 aliphatic heterocycles. The quantitative estimate of drug-likeness (QED) is 0.119. The van der Waals surface area contributed by atoms with Crippen molar-refractivity contribution in [2.24, 2.45) is 17.4 Å². The summed E-state index contributed by atoms with van der Waals surface area (Å²) in [6.07, 6.45) is 0.820. The maximum Gasteiger partial charge on any atom is 0.326 e. The van der Waals surface area contributed by atoms with E-state index in [9.17, 15) is 33.9 Å². The summed E-state index contributed by atoms with van der Waals surface area (Å²) in [6.45, 7) is 3.78. The fourth-order valence-corrected chi connectivity index (χ4v) is 3.35. The Morgan fingerprint density at radius 1 is 0.853 bits per heavy atom. The third-order valence-corrected chi connectivity index (χ3v) is 5.25. The van der Waals surface area contributed by atoms with Gasteiger partial charge in [-0.3, -0.25) is 24.0 Å². The molecule has 0 rings (SSSR count). The zero-order valence-corrected chi connectivity index (χ0v) is 20.4. The van der Waals surface area contributed by atoms with E-state index in [0.29, 0.717) is 12.2 Å². The molecule has 0 aromatic carbocycles. The van der Waals surface area contributed by atoms with Crippen LogP contribution in [0.1, 0.15) is 46.0 Å². The van der Waals surface area contributed by atoms with Crippen molar-refractivity contribution < 1.29 is 39.0 Å². The van der Waals surface area contributed by atoms with Crippen molar-refractivity contribution in [2.75, 3.05) is 12.0 Å². The third-order valence-electron chi connectivity index (χ3n) is 4.61. The van der Waals surface area contributed by atoms with Crippen LogP contribution in [0.2, 0.25) is 0 Å². The van der Waals surface area contributed by atoms with Crippen LogP contribution in [-0.2, 0) is 28.8 Å². The number of amides is 4. The predicted octanol–water partition coefficient (Wildman–Crippen LogP) is -1.61. The average Bonchev–Trinajstić information content (AvgIpc) is 2.71. The molecule has 4 atom stereocenters. The number of hydrogen-bond donors (Lipinski definition) is 7. The molecule has 4 amide bonds. The van der Waals surface area contributed by atoms with Crippen molar-refractivity contribution in [1.82, 2.24) is 16.0 Å². The number of carboxylic acids is 2. The van der Waals surface area contributed by atoms with Crippen LogP contribution in [-0.4, -0.2) is 82.0 Å². The van der Waals surface area contributed by atoms with Gasteiger partial charge in [-0.25, -0.2) is 4.79 Å². The Labute approximate surface area is 202 Å². The molecule has 0 saturated heterocycles. The van der Waals surface area contributed by atoms with E-state index in [2.05, 4.69) is 16.0 Å². The first-order valence-electron chi connectivity index (χ1n) is 10.7. The zero-order valence-electron chi connectivity index (χ0n) is 19.5. The molecule has 34 heavy (non-hydrogen) atoms. The lowest BCUT2D eigenvalue weighted by Gasteiger charge is -2.25. The highest BCUT2D eigenvalue weighted by Crippen LogP contribution is 2.07. The van der Waals surface area contributed by atoms with Gasteiger partial charge >= 0.3 is 11.9 Å². The number of aliphatic carboxylic acids is 2. The number of thioether (sulfide) groups is 1. The summed E-state index contributed by atoms with van der Waals surface area (Å²) in [5.74, 6) is -5.41. The van der Waals surface area contributed by atoms with Gasteiger partial charge in [0.25, 0.3) is 0 Å². The second-order valence-electron chi connectivity index (χ2n) is 8.14. The second-order valence-corrected chi connectivity index (χ2v) is 9.13. The Hall–Kier alpha value is -2.87. The summed E-state index contributed by atoms with van der Waals surface area (Å²) in [4.78, 5) is 71.4. The second kappa shape index (κ2) is 15.9. The molecule has 194 valence electrons. The van der Waals surface area contributed by atoms with Crippen molar-refractivity contribution in [3.63, 3.8) is 0 Å². The Morgan fingerprint density at radius 2 is 1.38 bits per heavy atom. The van der Waals surface area contributed by atoms with E-state index in [1.165, 1.54) is 11.8 Å². The molecule has 13 nitrogen and oxygen atoms in total. The highest BCUT2D eigenvalue weighted by molar-refractivity contribution is 7.98. The van der Waals surface area contributed by atoms with Gasteiger partial charge in [0.05, 0.1) is 12.5 Å². The highest BCUT2D eigenvalue weighted by atomic mass is 32.2. The predicted molar refractivity (Wildman–Crippen MR) is 125 cm³/mol. The first-order valence-corrected chi connectivity index (χ1v) is 12.1. The number of nitrogens with one attached hydrogen (secondary N) is 3. The van der Waals surface area contributed by atoms with Crippen molar-refractivity contribution in [3.05, 3.63) is 0 Å². The van der Waals surface area contributed by atoms with Gasteiger partial charge in [-0.2, -0.15) is 11.8 Å². The lowest BCUT2D eigenvalue weighted by molar-refractivity contribution is -0.143. The first-order chi connectivity index (χ1) is 15.8. The SMILES string of the molecule is CSCCC(NC(=O)C(N)CC(C)C)C(=O)NC(CC(N)=O)C(=O)NC(CCC(=O)O)C(=O)O. The number of carbonyl (C=O) groups is 6. The minimum Gasteiger partial charge on any atom is -0.481 e. The molecule has 0 aliphatic rings. The maximum atomic E-state index is 12.9. The molecule has 0 heterocycles. The van der Waals surface area contributed by atoms with E-state index in [4.69, 9.17) is 16.6 Å². The van der Waals surface area contributed by atoms with Crippen LogP contribution in [0.25, 0.3) is 0 Å². The van der Waals surface area contributed by atoms with Gasteiger partial charge < -0.3 is 37.6 Å². The van der Waals surface area contributed by atoms with Gasteiger partial charge in [-0.1, -0.05) is 13.8 Å². The minimum absolute atomic E-state index is 0.145. The van der Waals surface area contributed by atoms with Crippen LogP contribution in [0.15, 0.2) is 0 Å². The van der Waals surface area contributed by atoms with E-state index in [-0.39, 0.29) is 12.3 Å². The van der Waals surface area contributed by atoms with E-state index in [1.54, 1.807) is 6.26 Å². The summed E-state index contributed by atoms with van der Waals surface area (Å²) in [5.41, 5.74) is 11.0. The molecule has 0 radical (unpaired) electrons. The smallest absolute Gasteiger partial charge is 0.326 e. The molecule has 0 aromatic heterocycles. The van der Waals surface area contributed by atoms with Crippen LogP contribution < -0.4 is 27.4 Å². The van der Waals surface area contributed by atoms with Crippen molar-refractivity contribution >= 4 is 47.3 Å². The Kier molecular flexibility index (Phi) is 14.5. The lowest BCUT2D eigenvalue weighted by atomic mass is 10.0. The van der Waals surface area contributed by atoms with Crippen LogP contribution in [0.3, 0.4) is 0 Å². The summed E-state index contributed by atoms with van der Waals surface area (Å²) >= 11 is 1.42. The van der Waals surface area contributed by atoms with Crippen molar-refractivity contribution in [1.29, 1.82) is 0 Å². The normalized spacial score (nSPS) is 14.4. The van der Waals surface area contributed by atoms with Crippen molar-refractivity contribution in [3.8, 4) is 0 Å². The number of carboxylic acid groups (broad SMARTS) is 2. The topological polar surface area (TPSA) is 231 Å². The molecule has 0 aromatic rings. The molecule has 14 heteroatoms. The maximum absolute atomic E-state index is 12.9. The number of carbonyl (C=O) groups excluding carboxylic acids is 4. The van der Waals surface area contributed by atoms with Gasteiger partial charge in [-0.15, -0.1) is 0 Å². The summed E-state index contributed by atoms with van der Waals surface area (Å²) < 4.78 is 0. The highest BCUT2D eigenvalue weighted by Gasteiger charge is 2.31. The average molecular weight is 506 g/mol. The summed E-state index contributed by atoms with van der Waals surface area (Å²) in [5, 5.41) is 25.0. The standard InChI is InChI=1S/C20H35N5O8S/c1-10(2)8-11(21)17(29)23-12(6-7-34-3)18(30)25-14(9-15(22)26)19(31)24-13(20(32)33)4-5-16(27)28/h10-14H,4-9,21H2,1-3H3,(H2,22,26)(H,23,29)(H,24,31)(H,25,30)(H,27,28)(H,32,33).